The third-order valence-corrected chi connectivity index (χ3v) is 2.68. The first-order valence-electron chi connectivity index (χ1n) is 5.67. The average molecular weight is 241 g/mol. The van der Waals surface area contributed by atoms with Crippen LogP contribution in [0.1, 0.15) is 5.56 Å². The van der Waals surface area contributed by atoms with Gasteiger partial charge in [0, 0.05) is 13.1 Å². The number of para-hydroxylation sites is 1. The van der Waals surface area contributed by atoms with Gasteiger partial charge in [0.1, 0.15) is 17.2 Å². The molecule has 18 heavy (non-hydrogen) atoms. The van der Waals surface area contributed by atoms with Gasteiger partial charge in [-0.3, -0.25) is 0 Å². The van der Waals surface area contributed by atoms with E-state index in [1.54, 1.807) is 13.1 Å². The van der Waals surface area contributed by atoms with Crippen LogP contribution in [0.5, 0.6) is 11.5 Å². The van der Waals surface area contributed by atoms with Crippen molar-refractivity contribution in [3.8, 4) is 11.5 Å². The van der Waals surface area contributed by atoms with E-state index in [0.717, 1.165) is 17.0 Å². The van der Waals surface area contributed by atoms with Crippen molar-refractivity contribution >= 4 is 11.4 Å². The van der Waals surface area contributed by atoms with Crippen molar-refractivity contribution in [1.82, 2.24) is 0 Å². The summed E-state index contributed by atoms with van der Waals surface area (Å²) in [7, 11) is 1.80. The van der Waals surface area contributed by atoms with Gasteiger partial charge >= 0.3 is 0 Å². The van der Waals surface area contributed by atoms with Gasteiger partial charge in [-0.15, -0.1) is 0 Å². The highest BCUT2D eigenvalue weighted by atomic mass is 16.5. The summed E-state index contributed by atoms with van der Waals surface area (Å²) < 4.78 is 5.78. The zero-order valence-electron chi connectivity index (χ0n) is 10.4. The second kappa shape index (κ2) is 5.31. The van der Waals surface area contributed by atoms with E-state index in [1.165, 1.54) is 0 Å². The predicted octanol–water partition coefficient (Wildman–Crippen LogP) is 4.49. The molecule has 0 fully saturated rings. The smallest absolute Gasteiger partial charge is 0.130 e. The Morgan fingerprint density at radius 2 is 1.94 bits per heavy atom. The lowest BCUT2D eigenvalue weighted by Gasteiger charge is -2.10. The fourth-order valence-electron chi connectivity index (χ4n) is 1.68. The molecule has 0 saturated carbocycles. The molecule has 4 nitrogen and oxygen atoms in total. The normalized spacial score (nSPS) is 9.89. The van der Waals surface area contributed by atoms with Crippen LogP contribution in [0.3, 0.4) is 0 Å². The van der Waals surface area contributed by atoms with Crippen LogP contribution in [-0.4, -0.2) is 7.05 Å². The molecule has 0 aliphatic carbocycles. The molecule has 92 valence electrons. The summed E-state index contributed by atoms with van der Waals surface area (Å²) in [4.78, 5) is 0. The summed E-state index contributed by atoms with van der Waals surface area (Å²) in [6.07, 6.45) is 0. The molecule has 0 aliphatic rings. The van der Waals surface area contributed by atoms with Crippen LogP contribution < -0.4 is 10.1 Å². The zero-order chi connectivity index (χ0) is 13.0. The molecule has 0 spiro atoms. The molecule has 2 rings (SSSR count). The fourth-order valence-corrected chi connectivity index (χ4v) is 1.68. The molecule has 0 heterocycles. The number of rotatable bonds is 4. The van der Waals surface area contributed by atoms with Gasteiger partial charge in [-0.05, 0) is 30.7 Å². The molecule has 2 aromatic rings. The van der Waals surface area contributed by atoms with Crippen molar-refractivity contribution in [2.24, 2.45) is 5.11 Å². The summed E-state index contributed by atoms with van der Waals surface area (Å²) in [5.41, 5.74) is 9.57. The van der Waals surface area contributed by atoms with Crippen LogP contribution in [0.15, 0.2) is 47.6 Å². The summed E-state index contributed by atoms with van der Waals surface area (Å²) in [5, 5.41) is 6.45. The maximum absolute atomic E-state index is 7.14. The number of hydrogen-bond acceptors (Lipinski definition) is 4. The Labute approximate surface area is 106 Å². The molecule has 0 unspecified atom stereocenters. The topological polar surface area (TPSA) is 57.5 Å². The Balaban J connectivity index is 2.30. The lowest BCUT2D eigenvalue weighted by Crippen LogP contribution is -1.90. The number of nitrogens with one attached hydrogen (secondary N) is 2. The van der Waals surface area contributed by atoms with E-state index >= 15 is 0 Å². The highest BCUT2D eigenvalue weighted by molar-refractivity contribution is 5.67. The average Bonchev–Trinajstić information content (AvgIpc) is 2.41. The third-order valence-electron chi connectivity index (χ3n) is 2.68. The highest BCUT2D eigenvalue weighted by Crippen LogP contribution is 2.32. The summed E-state index contributed by atoms with van der Waals surface area (Å²) in [6.45, 7) is 1.99. The van der Waals surface area contributed by atoms with Gasteiger partial charge < -0.3 is 10.1 Å². The minimum Gasteiger partial charge on any atom is -0.457 e. The molecule has 0 atom stereocenters. The summed E-state index contributed by atoms with van der Waals surface area (Å²) in [5.74, 6) is 1.49. The standard InChI is InChI=1S/C14H15N3O/c1-10-5-3-4-6-14(10)18-11-7-8-12(16-2)13(9-11)17-15/h3-9,15-16H,1-2H3. The minimum absolute atomic E-state index is 0.559. The molecule has 0 amide bonds. The molecule has 4 heteroatoms. The molecule has 2 aromatic carbocycles. The highest BCUT2D eigenvalue weighted by Gasteiger charge is 2.05. The van der Waals surface area contributed by atoms with Crippen molar-refractivity contribution in [3.63, 3.8) is 0 Å². The molecule has 2 N–H and O–H groups in total. The zero-order valence-corrected chi connectivity index (χ0v) is 10.4. The maximum Gasteiger partial charge on any atom is 0.130 e. The lowest BCUT2D eigenvalue weighted by atomic mass is 10.2. The number of aryl methyl sites for hydroxylation is 1. The molecule has 0 saturated heterocycles. The van der Waals surface area contributed by atoms with Crippen molar-refractivity contribution in [2.75, 3.05) is 12.4 Å². The number of nitrogens with zero attached hydrogens (tertiary/aromatic N) is 1. The number of hydrogen-bond donors (Lipinski definition) is 2. The van der Waals surface area contributed by atoms with Gasteiger partial charge in [0.25, 0.3) is 0 Å². The van der Waals surface area contributed by atoms with Gasteiger partial charge in [-0.25, -0.2) is 5.53 Å². The van der Waals surface area contributed by atoms with Gasteiger partial charge in [0.05, 0.1) is 5.69 Å². The van der Waals surface area contributed by atoms with E-state index in [2.05, 4.69) is 10.4 Å². The van der Waals surface area contributed by atoms with E-state index in [0.29, 0.717) is 11.4 Å². The summed E-state index contributed by atoms with van der Waals surface area (Å²) in [6, 6.07) is 13.3. The monoisotopic (exact) mass is 241 g/mol. The van der Waals surface area contributed by atoms with Gasteiger partial charge in [0.15, 0.2) is 0 Å². The number of benzene rings is 2. The van der Waals surface area contributed by atoms with Crippen molar-refractivity contribution in [1.29, 1.82) is 5.53 Å². The third kappa shape index (κ3) is 2.48. The second-order valence-corrected chi connectivity index (χ2v) is 3.91. The Hall–Kier alpha value is -2.36. The van der Waals surface area contributed by atoms with E-state index < -0.39 is 0 Å². The number of ether oxygens (including phenoxy) is 1. The fraction of sp³-hybridized carbons (Fsp3) is 0.143. The number of anilines is 1. The van der Waals surface area contributed by atoms with Gasteiger partial charge in [-0.2, -0.15) is 5.11 Å². The second-order valence-electron chi connectivity index (χ2n) is 3.91. The van der Waals surface area contributed by atoms with E-state index in [1.807, 2.05) is 43.3 Å². The van der Waals surface area contributed by atoms with Crippen LogP contribution in [0, 0.1) is 12.5 Å². The van der Waals surface area contributed by atoms with E-state index in [4.69, 9.17) is 10.3 Å². The molecule has 0 aromatic heterocycles. The van der Waals surface area contributed by atoms with Crippen LogP contribution in [0.4, 0.5) is 11.4 Å². The minimum atomic E-state index is 0.559. The maximum atomic E-state index is 7.14. The van der Waals surface area contributed by atoms with Crippen molar-refractivity contribution in [3.05, 3.63) is 48.0 Å². The molecule has 0 radical (unpaired) electrons. The van der Waals surface area contributed by atoms with Crippen molar-refractivity contribution in [2.45, 2.75) is 6.92 Å². The largest absolute Gasteiger partial charge is 0.457 e. The first-order valence-corrected chi connectivity index (χ1v) is 5.67. The predicted molar refractivity (Wildman–Crippen MR) is 72.0 cm³/mol. The molecule has 0 bridgehead atoms. The summed E-state index contributed by atoms with van der Waals surface area (Å²) >= 11 is 0. The SMILES string of the molecule is CNc1ccc(Oc2ccccc2C)cc1N=N. The van der Waals surface area contributed by atoms with Crippen LogP contribution in [-0.2, 0) is 0 Å². The molecular formula is C14H15N3O. The van der Waals surface area contributed by atoms with Crippen LogP contribution in [0.25, 0.3) is 0 Å². The van der Waals surface area contributed by atoms with E-state index in [9.17, 15) is 0 Å². The van der Waals surface area contributed by atoms with Crippen LogP contribution >= 0.6 is 0 Å². The first-order chi connectivity index (χ1) is 8.74. The lowest BCUT2D eigenvalue weighted by molar-refractivity contribution is 0.479. The Bertz CT molecular complexity index is 567. The molecular weight excluding hydrogens is 226 g/mol. The Kier molecular flexibility index (Phi) is 3.57. The van der Waals surface area contributed by atoms with Gasteiger partial charge in [0.2, 0.25) is 0 Å². The Morgan fingerprint density at radius 1 is 1.17 bits per heavy atom. The first kappa shape index (κ1) is 12.1. The van der Waals surface area contributed by atoms with Gasteiger partial charge in [-0.1, -0.05) is 18.2 Å². The van der Waals surface area contributed by atoms with Crippen molar-refractivity contribution < 1.29 is 4.74 Å². The molecule has 0 aliphatic heterocycles. The van der Waals surface area contributed by atoms with E-state index in [-0.39, 0.29) is 0 Å². The quantitative estimate of drug-likeness (QED) is 0.775. The van der Waals surface area contributed by atoms with Crippen LogP contribution in [0.2, 0.25) is 0 Å². The Morgan fingerprint density at radius 3 is 2.61 bits per heavy atom.